The van der Waals surface area contributed by atoms with Crippen molar-refractivity contribution in [3.63, 3.8) is 0 Å². The maximum atomic E-state index is 6.19. The molecule has 1 heterocycles. The molecular formula is C16H25NO. The zero-order valence-corrected chi connectivity index (χ0v) is 12.0. The highest BCUT2D eigenvalue weighted by Crippen LogP contribution is 2.41. The first-order valence-electron chi connectivity index (χ1n) is 7.04. The second kappa shape index (κ2) is 5.31. The third-order valence-corrected chi connectivity index (χ3v) is 3.98. The molecule has 0 saturated carbocycles. The van der Waals surface area contributed by atoms with Gasteiger partial charge in [-0.25, -0.2) is 0 Å². The van der Waals surface area contributed by atoms with Crippen molar-refractivity contribution in [3.05, 3.63) is 28.8 Å². The van der Waals surface area contributed by atoms with Crippen molar-refractivity contribution in [2.45, 2.75) is 58.4 Å². The number of hydrogen-bond donors (Lipinski definition) is 1. The minimum Gasteiger partial charge on any atom is -0.493 e. The van der Waals surface area contributed by atoms with Gasteiger partial charge in [0, 0.05) is 17.5 Å². The summed E-state index contributed by atoms with van der Waals surface area (Å²) in [7, 11) is 0. The number of fused-ring (bicyclic) bond motifs is 1. The lowest BCUT2D eigenvalue weighted by Crippen LogP contribution is -2.25. The molecule has 0 radical (unpaired) electrons. The average Bonchev–Trinajstić information content (AvgIpc) is 2.52. The van der Waals surface area contributed by atoms with Gasteiger partial charge < -0.3 is 10.5 Å². The van der Waals surface area contributed by atoms with Gasteiger partial charge in [0.15, 0.2) is 0 Å². The van der Waals surface area contributed by atoms with E-state index in [0.717, 1.165) is 25.2 Å². The highest BCUT2D eigenvalue weighted by molar-refractivity contribution is 5.50. The smallest absolute Gasteiger partial charge is 0.126 e. The lowest BCUT2D eigenvalue weighted by atomic mass is 9.83. The molecular weight excluding hydrogens is 222 g/mol. The highest BCUT2D eigenvalue weighted by atomic mass is 16.5. The van der Waals surface area contributed by atoms with Crippen molar-refractivity contribution in [3.8, 4) is 5.75 Å². The molecule has 1 aliphatic rings. The fraction of sp³-hybridized carbons (Fsp3) is 0.625. The molecule has 2 unspecified atom stereocenters. The van der Waals surface area contributed by atoms with Gasteiger partial charge in [-0.15, -0.1) is 0 Å². The standard InChI is InChI=1S/C16H25NO/c1-10(2)13-8-7-11(3)15-14(12(4)17)6-5-9-18-16(13)15/h7-8,10,12,14H,5-6,9,17H2,1-4H3. The number of benzene rings is 1. The van der Waals surface area contributed by atoms with Crippen molar-refractivity contribution in [1.29, 1.82) is 0 Å². The van der Waals surface area contributed by atoms with Crippen LogP contribution in [0, 0.1) is 6.92 Å². The van der Waals surface area contributed by atoms with Crippen LogP contribution in [0.1, 0.15) is 62.1 Å². The number of hydrogen-bond acceptors (Lipinski definition) is 2. The van der Waals surface area contributed by atoms with Gasteiger partial charge in [0.25, 0.3) is 0 Å². The maximum absolute atomic E-state index is 6.19. The molecule has 2 N–H and O–H groups in total. The highest BCUT2D eigenvalue weighted by Gasteiger charge is 2.27. The molecule has 0 bridgehead atoms. The molecule has 1 aromatic carbocycles. The van der Waals surface area contributed by atoms with Gasteiger partial charge in [-0.05, 0) is 43.7 Å². The zero-order chi connectivity index (χ0) is 13.3. The van der Waals surface area contributed by atoms with E-state index in [9.17, 15) is 0 Å². The molecule has 2 heteroatoms. The molecule has 1 aliphatic heterocycles. The summed E-state index contributed by atoms with van der Waals surface area (Å²) in [5, 5.41) is 0. The van der Waals surface area contributed by atoms with Crippen LogP contribution in [0.15, 0.2) is 12.1 Å². The van der Waals surface area contributed by atoms with E-state index in [2.05, 4.69) is 39.8 Å². The van der Waals surface area contributed by atoms with Gasteiger partial charge in [0.1, 0.15) is 5.75 Å². The van der Waals surface area contributed by atoms with E-state index in [-0.39, 0.29) is 6.04 Å². The molecule has 0 aliphatic carbocycles. The van der Waals surface area contributed by atoms with Gasteiger partial charge >= 0.3 is 0 Å². The third kappa shape index (κ3) is 2.39. The topological polar surface area (TPSA) is 35.2 Å². The van der Waals surface area contributed by atoms with Gasteiger partial charge in [-0.2, -0.15) is 0 Å². The Hall–Kier alpha value is -1.02. The minimum absolute atomic E-state index is 0.187. The summed E-state index contributed by atoms with van der Waals surface area (Å²) in [6.07, 6.45) is 2.23. The van der Waals surface area contributed by atoms with Gasteiger partial charge in [-0.3, -0.25) is 0 Å². The Kier molecular flexibility index (Phi) is 3.96. The van der Waals surface area contributed by atoms with E-state index in [1.165, 1.54) is 16.7 Å². The second-order valence-electron chi connectivity index (χ2n) is 5.83. The fourth-order valence-electron chi connectivity index (χ4n) is 2.94. The summed E-state index contributed by atoms with van der Waals surface area (Å²) < 4.78 is 6.05. The van der Waals surface area contributed by atoms with E-state index in [1.807, 2.05) is 0 Å². The number of nitrogens with two attached hydrogens (primary N) is 1. The molecule has 0 aromatic heterocycles. The molecule has 1 aromatic rings. The van der Waals surface area contributed by atoms with Crippen LogP contribution in [0.4, 0.5) is 0 Å². The summed E-state index contributed by atoms with van der Waals surface area (Å²) >= 11 is 0. The van der Waals surface area contributed by atoms with Crippen LogP contribution in [0.2, 0.25) is 0 Å². The number of ether oxygens (including phenoxy) is 1. The first-order valence-corrected chi connectivity index (χ1v) is 7.04. The summed E-state index contributed by atoms with van der Waals surface area (Å²) in [4.78, 5) is 0. The average molecular weight is 247 g/mol. The quantitative estimate of drug-likeness (QED) is 0.864. The van der Waals surface area contributed by atoms with E-state index in [1.54, 1.807) is 0 Å². The van der Waals surface area contributed by atoms with Crippen LogP contribution in [-0.2, 0) is 0 Å². The Balaban J connectivity index is 2.59. The molecule has 2 rings (SSSR count). The summed E-state index contributed by atoms with van der Waals surface area (Å²) in [6.45, 7) is 9.55. The molecule has 2 nitrogen and oxygen atoms in total. The van der Waals surface area contributed by atoms with Crippen LogP contribution >= 0.6 is 0 Å². The lowest BCUT2D eigenvalue weighted by molar-refractivity contribution is 0.311. The minimum atomic E-state index is 0.187. The van der Waals surface area contributed by atoms with Crippen molar-refractivity contribution >= 4 is 0 Å². The number of rotatable bonds is 2. The molecule has 0 fully saturated rings. The summed E-state index contributed by atoms with van der Waals surface area (Å²) in [6, 6.07) is 4.62. The third-order valence-electron chi connectivity index (χ3n) is 3.98. The summed E-state index contributed by atoms with van der Waals surface area (Å²) in [5.41, 5.74) is 10.2. The first-order chi connectivity index (χ1) is 8.52. The SMILES string of the molecule is Cc1ccc(C(C)C)c2c1C(C(C)N)CCCO2. The van der Waals surface area contributed by atoms with Crippen molar-refractivity contribution in [2.75, 3.05) is 6.61 Å². The second-order valence-corrected chi connectivity index (χ2v) is 5.83. The lowest BCUT2D eigenvalue weighted by Gasteiger charge is -2.25. The van der Waals surface area contributed by atoms with E-state index >= 15 is 0 Å². The number of aryl methyl sites for hydroxylation is 1. The van der Waals surface area contributed by atoms with Crippen molar-refractivity contribution in [1.82, 2.24) is 0 Å². The molecule has 18 heavy (non-hydrogen) atoms. The zero-order valence-electron chi connectivity index (χ0n) is 12.0. The Morgan fingerprint density at radius 2 is 2.00 bits per heavy atom. The van der Waals surface area contributed by atoms with E-state index in [4.69, 9.17) is 10.5 Å². The van der Waals surface area contributed by atoms with Crippen LogP contribution < -0.4 is 10.5 Å². The molecule has 0 saturated heterocycles. The molecule has 100 valence electrons. The Labute approximate surface area is 111 Å². The van der Waals surface area contributed by atoms with E-state index in [0.29, 0.717) is 11.8 Å². The van der Waals surface area contributed by atoms with Crippen LogP contribution in [0.5, 0.6) is 5.75 Å². The molecule has 0 spiro atoms. The normalized spacial score (nSPS) is 21.1. The largest absolute Gasteiger partial charge is 0.493 e. The summed E-state index contributed by atoms with van der Waals surface area (Å²) in [5.74, 6) is 2.04. The van der Waals surface area contributed by atoms with E-state index < -0.39 is 0 Å². The Morgan fingerprint density at radius 3 is 2.61 bits per heavy atom. The predicted octanol–water partition coefficient (Wildman–Crippen LogP) is 3.72. The first kappa shape index (κ1) is 13.4. The monoisotopic (exact) mass is 247 g/mol. The van der Waals surface area contributed by atoms with Crippen LogP contribution in [0.3, 0.4) is 0 Å². The van der Waals surface area contributed by atoms with Crippen LogP contribution in [-0.4, -0.2) is 12.6 Å². The maximum Gasteiger partial charge on any atom is 0.126 e. The Bertz CT molecular complexity index is 423. The fourth-order valence-corrected chi connectivity index (χ4v) is 2.94. The van der Waals surface area contributed by atoms with Gasteiger partial charge in [0.05, 0.1) is 6.61 Å². The molecule has 0 amide bonds. The Morgan fingerprint density at radius 1 is 1.28 bits per heavy atom. The van der Waals surface area contributed by atoms with Crippen molar-refractivity contribution < 1.29 is 4.74 Å². The predicted molar refractivity (Wildman–Crippen MR) is 76.4 cm³/mol. The van der Waals surface area contributed by atoms with Gasteiger partial charge in [-0.1, -0.05) is 26.0 Å². The van der Waals surface area contributed by atoms with Crippen LogP contribution in [0.25, 0.3) is 0 Å². The van der Waals surface area contributed by atoms with Gasteiger partial charge in [0.2, 0.25) is 0 Å². The van der Waals surface area contributed by atoms with Crippen molar-refractivity contribution in [2.24, 2.45) is 5.73 Å². The molecule has 2 atom stereocenters.